The van der Waals surface area contributed by atoms with Gasteiger partial charge in [0, 0.05) is 10.7 Å². The lowest BCUT2D eigenvalue weighted by molar-refractivity contribution is -0.163. The number of carbonyl (C=O) groups is 6. The fourth-order valence-electron chi connectivity index (χ4n) is 8.50. The van der Waals surface area contributed by atoms with Crippen LogP contribution >= 0.6 is 31.9 Å². The Morgan fingerprint density at radius 1 is 0.437 bits per heavy atom. The van der Waals surface area contributed by atoms with E-state index in [1.165, 1.54) is 74.9 Å². The largest absolute Gasteiger partial charge is 0.483 e. The number of halogens is 2. The normalized spacial score (nSPS) is 18.1. The zero-order chi connectivity index (χ0) is 53.8. The van der Waals surface area contributed by atoms with Crippen LogP contribution < -0.4 is 0 Å². The van der Waals surface area contributed by atoms with Crippen LogP contribution in [0.2, 0.25) is 0 Å². The van der Waals surface area contributed by atoms with E-state index in [1.807, 2.05) is 62.3 Å². The van der Waals surface area contributed by atoms with E-state index in [2.05, 4.69) is 31.9 Å². The van der Waals surface area contributed by atoms with Crippen LogP contribution in [0.1, 0.15) is 268 Å². The molecule has 0 aliphatic heterocycles. The van der Waals surface area contributed by atoms with Crippen molar-refractivity contribution in [3.63, 3.8) is 0 Å². The highest BCUT2D eigenvalue weighted by molar-refractivity contribution is 9.09. The molecule has 5 rings (SSSR count). The Bertz CT molecular complexity index is 1460. The van der Waals surface area contributed by atoms with Crippen LogP contribution in [0.25, 0.3) is 0 Å². The van der Waals surface area contributed by atoms with Crippen molar-refractivity contribution in [1.29, 1.82) is 0 Å². The Kier molecular flexibility index (Phi) is 31.0. The minimum Gasteiger partial charge on any atom is -0.483 e. The Hall–Kier alpha value is -2.22. The summed E-state index contributed by atoms with van der Waals surface area (Å²) in [6.07, 6.45) is 35.0. The highest BCUT2D eigenvalue weighted by atomic mass is 79.9. The third-order valence-corrected chi connectivity index (χ3v) is 15.1. The lowest BCUT2D eigenvalue weighted by Gasteiger charge is -2.24. The third-order valence-electron chi connectivity index (χ3n) is 13.9. The molecule has 0 amide bonds. The zero-order valence-corrected chi connectivity index (χ0v) is 49.1. The van der Waals surface area contributed by atoms with Crippen LogP contribution in [0, 0.1) is 27.6 Å². The molecule has 14 heteroatoms. The number of rotatable bonds is 30. The molecule has 71 heavy (non-hydrogen) atoms. The molecular weight excluding hydrogens is 1040 g/mol. The summed E-state index contributed by atoms with van der Waals surface area (Å²) in [5.74, 6) is -0.998. The van der Waals surface area contributed by atoms with Gasteiger partial charge in [-0.3, -0.25) is 28.8 Å². The van der Waals surface area contributed by atoms with Gasteiger partial charge in [0.2, 0.25) is 0 Å². The third kappa shape index (κ3) is 31.3. The molecule has 3 N–H and O–H groups in total. The molecule has 5 aliphatic rings. The van der Waals surface area contributed by atoms with E-state index < -0.39 is 11.9 Å². The fraction of sp³-hybridized carbons (Fsp3) is 0.895. The quantitative estimate of drug-likeness (QED) is 0.0203. The zero-order valence-electron chi connectivity index (χ0n) is 46.0. The van der Waals surface area contributed by atoms with Crippen molar-refractivity contribution in [2.75, 3.05) is 10.7 Å². The molecule has 0 aromatic rings. The topological polar surface area (TPSA) is 191 Å². The van der Waals surface area contributed by atoms with Crippen LogP contribution in [0.5, 0.6) is 0 Å². The maximum atomic E-state index is 12.3. The molecule has 0 bridgehead atoms. The van der Waals surface area contributed by atoms with Crippen LogP contribution in [0.15, 0.2) is 0 Å². The van der Waals surface area contributed by atoms with E-state index in [9.17, 15) is 24.0 Å². The monoisotopic (exact) mass is 1130 g/mol. The number of unbranched alkanes of at least 4 members (excludes halogenated alkanes) is 15. The van der Waals surface area contributed by atoms with Crippen molar-refractivity contribution in [3.05, 3.63) is 0 Å². The number of carboxylic acid groups (broad SMARTS) is 3. The first-order chi connectivity index (χ1) is 33.2. The Morgan fingerprint density at radius 2 is 0.662 bits per heavy atom. The summed E-state index contributed by atoms with van der Waals surface area (Å²) in [6, 6.07) is 0. The highest BCUT2D eigenvalue weighted by Crippen LogP contribution is 2.53. The lowest BCUT2D eigenvalue weighted by Crippen LogP contribution is -2.29. The van der Waals surface area contributed by atoms with Gasteiger partial charge in [0.1, 0.15) is 16.8 Å². The molecule has 0 spiro atoms. The predicted molar refractivity (Wildman–Crippen MR) is 290 cm³/mol. The molecule has 0 aromatic heterocycles. The van der Waals surface area contributed by atoms with E-state index in [0.29, 0.717) is 0 Å². The summed E-state index contributed by atoms with van der Waals surface area (Å²) in [6.45, 7) is 17.1. The Morgan fingerprint density at radius 3 is 0.859 bits per heavy atom. The Labute approximate surface area is 447 Å². The van der Waals surface area contributed by atoms with Crippen molar-refractivity contribution in [2.45, 2.75) is 285 Å². The second-order valence-electron chi connectivity index (χ2n) is 24.4. The molecule has 5 fully saturated rings. The standard InChI is InChI=1S/C24H42O4.C16H26O4.C8H16Br2.C8H14O2.CH2O2/c1-21(2,3)27-19(25)23(15-16-23)13-11-9-7-8-10-12-14-24(17-18-24)20(26)28-22(4,5)6;17-13(18)15(9-10-15)7-5-3-1-2-4-6-8-16(11-12-16)14(19)20;9-7-5-3-1-2-4-6-8-10;1-8(2,3)10-7(9)6-4-5-6;2-1-3/h7-18H2,1-6H3;1-12H2,(H,17,18)(H,19,20);1-8H2;6H,4-5H2,1-3H3;1H,(H,2,3). The number of alkyl halides is 2. The van der Waals surface area contributed by atoms with Crippen LogP contribution in [0.3, 0.4) is 0 Å². The SMILES string of the molecule is BrCCCCCCCCBr.CC(C)(C)OC(=O)C1(CCCCCCCCC2(C(=O)OC(C)(C)C)CC2)CC1.CC(C)(C)OC(=O)C1CC1.O=C(O)C1(CCCCCCCCC2(C(=O)O)CC2)CC1.O=CO. The molecule has 0 atom stereocenters. The Balaban J connectivity index is 0.000000507. The van der Waals surface area contributed by atoms with Crippen LogP contribution in [-0.4, -0.2) is 79.1 Å². The van der Waals surface area contributed by atoms with Gasteiger partial charge in [-0.15, -0.1) is 0 Å². The van der Waals surface area contributed by atoms with E-state index in [0.717, 1.165) is 141 Å². The van der Waals surface area contributed by atoms with Crippen molar-refractivity contribution < 1.29 is 58.3 Å². The van der Waals surface area contributed by atoms with Gasteiger partial charge < -0.3 is 29.5 Å². The average molecular weight is 1140 g/mol. The number of hydrogen-bond donors (Lipinski definition) is 3. The van der Waals surface area contributed by atoms with Crippen molar-refractivity contribution >= 4 is 68.2 Å². The summed E-state index contributed by atoms with van der Waals surface area (Å²) in [7, 11) is 0. The number of carbonyl (C=O) groups excluding carboxylic acids is 3. The summed E-state index contributed by atoms with van der Waals surface area (Å²) < 4.78 is 16.3. The second-order valence-corrected chi connectivity index (χ2v) is 26.0. The summed E-state index contributed by atoms with van der Waals surface area (Å²) in [5.41, 5.74) is -2.13. The first-order valence-corrected chi connectivity index (χ1v) is 29.8. The summed E-state index contributed by atoms with van der Waals surface area (Å²) >= 11 is 6.85. The molecule has 414 valence electrons. The van der Waals surface area contributed by atoms with Crippen molar-refractivity contribution in [1.82, 2.24) is 0 Å². The molecule has 0 aromatic carbocycles. The van der Waals surface area contributed by atoms with Gasteiger partial charge in [-0.25, -0.2) is 0 Å². The number of hydrogen-bond acceptors (Lipinski definition) is 9. The summed E-state index contributed by atoms with van der Waals surface area (Å²) in [4.78, 5) is 66.0. The van der Waals surface area contributed by atoms with Gasteiger partial charge in [0.25, 0.3) is 6.47 Å². The first-order valence-electron chi connectivity index (χ1n) is 27.6. The number of aliphatic carboxylic acids is 2. The fourth-order valence-corrected chi connectivity index (χ4v) is 9.29. The maximum Gasteiger partial charge on any atom is 0.312 e. The molecule has 5 saturated carbocycles. The molecular formula is C57H100Br2O12. The molecule has 0 unspecified atom stereocenters. The molecule has 0 heterocycles. The maximum absolute atomic E-state index is 12.3. The van der Waals surface area contributed by atoms with Gasteiger partial charge in [0.05, 0.1) is 27.6 Å². The van der Waals surface area contributed by atoms with Gasteiger partial charge in [-0.1, -0.05) is 135 Å². The van der Waals surface area contributed by atoms with E-state index >= 15 is 0 Å². The highest BCUT2D eigenvalue weighted by Gasteiger charge is 2.53. The summed E-state index contributed by atoms with van der Waals surface area (Å²) in [5, 5.41) is 27.3. The first kappa shape index (κ1) is 66.8. The minimum atomic E-state index is -0.610. The van der Waals surface area contributed by atoms with E-state index in [1.54, 1.807) is 0 Å². The van der Waals surface area contributed by atoms with Gasteiger partial charge in [0.15, 0.2) is 0 Å². The van der Waals surface area contributed by atoms with Gasteiger partial charge >= 0.3 is 29.8 Å². The smallest absolute Gasteiger partial charge is 0.312 e. The second kappa shape index (κ2) is 32.9. The van der Waals surface area contributed by atoms with Crippen LogP contribution in [0.4, 0.5) is 0 Å². The number of esters is 3. The lowest BCUT2D eigenvalue weighted by atomic mass is 9.95. The average Bonchev–Trinajstić information content (AvgIpc) is 4.05. The van der Waals surface area contributed by atoms with E-state index in [-0.39, 0.29) is 68.8 Å². The molecule has 0 saturated heterocycles. The molecule has 0 radical (unpaired) electrons. The predicted octanol–water partition coefficient (Wildman–Crippen LogP) is 15.7. The van der Waals surface area contributed by atoms with Crippen LogP contribution in [-0.2, 0) is 43.0 Å². The molecule has 12 nitrogen and oxygen atoms in total. The van der Waals surface area contributed by atoms with Crippen molar-refractivity contribution in [3.8, 4) is 0 Å². The van der Waals surface area contributed by atoms with E-state index in [4.69, 9.17) is 34.3 Å². The van der Waals surface area contributed by atoms with Gasteiger partial charge in [-0.05, 0) is 165 Å². The number of ether oxygens (including phenoxy) is 3. The minimum absolute atomic E-state index is 0.0110. The number of carboxylic acids is 2. The van der Waals surface area contributed by atoms with Gasteiger partial charge in [-0.2, -0.15) is 0 Å². The van der Waals surface area contributed by atoms with Crippen molar-refractivity contribution in [2.24, 2.45) is 27.6 Å². The molecule has 5 aliphatic carbocycles.